The first-order chi connectivity index (χ1) is 14.1. The Kier molecular flexibility index (Phi) is 5.66. The van der Waals surface area contributed by atoms with Gasteiger partial charge in [0.25, 0.3) is 0 Å². The zero-order chi connectivity index (χ0) is 20.4. The third-order valence-electron chi connectivity index (χ3n) is 6.60. The number of carbonyl (C=O) groups is 1. The van der Waals surface area contributed by atoms with E-state index in [-0.39, 0.29) is 0 Å². The highest BCUT2D eigenvalue weighted by atomic mass is 16.2. The van der Waals surface area contributed by atoms with Crippen molar-refractivity contribution in [1.82, 2.24) is 9.88 Å². The van der Waals surface area contributed by atoms with Crippen LogP contribution >= 0.6 is 0 Å². The van der Waals surface area contributed by atoms with E-state index in [4.69, 9.17) is 0 Å². The van der Waals surface area contributed by atoms with Crippen LogP contribution in [0.4, 0.5) is 0 Å². The van der Waals surface area contributed by atoms with Crippen LogP contribution in [0.3, 0.4) is 0 Å². The summed E-state index contributed by atoms with van der Waals surface area (Å²) in [6.07, 6.45) is 4.67. The van der Waals surface area contributed by atoms with Gasteiger partial charge in [0.15, 0.2) is 0 Å². The monoisotopic (exact) mass is 386 g/mol. The van der Waals surface area contributed by atoms with E-state index in [1.807, 2.05) is 24.1 Å². The van der Waals surface area contributed by atoms with E-state index >= 15 is 0 Å². The highest BCUT2D eigenvalue weighted by molar-refractivity contribution is 5.86. The van der Waals surface area contributed by atoms with E-state index in [1.165, 1.54) is 27.6 Å². The predicted octanol–water partition coefficient (Wildman–Crippen LogP) is 5.96. The van der Waals surface area contributed by atoms with Crippen molar-refractivity contribution < 1.29 is 4.79 Å². The first-order valence-corrected chi connectivity index (χ1v) is 10.8. The summed E-state index contributed by atoms with van der Waals surface area (Å²) < 4.78 is 0. The Morgan fingerprint density at radius 2 is 1.86 bits per heavy atom. The average Bonchev–Trinajstić information content (AvgIpc) is 2.78. The molecular formula is C26H30N2O. The number of fused-ring (bicyclic) bond motifs is 1. The van der Waals surface area contributed by atoms with Crippen LogP contribution in [-0.2, 0) is 4.79 Å². The number of piperidine rings is 1. The number of benzene rings is 2. The Labute approximate surface area is 173 Å². The van der Waals surface area contributed by atoms with Crippen LogP contribution in [0.1, 0.15) is 50.2 Å². The minimum Gasteiger partial charge on any atom is -0.343 e. The van der Waals surface area contributed by atoms with Gasteiger partial charge in [-0.25, -0.2) is 0 Å². The summed E-state index contributed by atoms with van der Waals surface area (Å²) in [5.74, 6) is 1.45. The van der Waals surface area contributed by atoms with Crippen molar-refractivity contribution >= 4 is 16.8 Å². The van der Waals surface area contributed by atoms with E-state index in [2.05, 4.69) is 61.3 Å². The Balaban J connectivity index is 1.50. The van der Waals surface area contributed by atoms with Gasteiger partial charge in [0, 0.05) is 31.1 Å². The normalized spacial score (nSPS) is 16.2. The maximum Gasteiger partial charge on any atom is 0.222 e. The second-order valence-corrected chi connectivity index (χ2v) is 8.35. The molecule has 29 heavy (non-hydrogen) atoms. The predicted molar refractivity (Wildman–Crippen MR) is 120 cm³/mol. The molecule has 0 N–H and O–H groups in total. The minimum absolute atomic E-state index is 0.292. The van der Waals surface area contributed by atoms with Crippen molar-refractivity contribution in [1.29, 1.82) is 0 Å². The number of carbonyl (C=O) groups excluding carboxylic acids is 1. The average molecular weight is 387 g/mol. The molecule has 2 heterocycles. The molecule has 0 aliphatic carbocycles. The second kappa shape index (κ2) is 8.36. The fraction of sp³-hybridized carbons (Fsp3) is 0.385. The zero-order valence-electron chi connectivity index (χ0n) is 17.7. The molecule has 1 fully saturated rings. The van der Waals surface area contributed by atoms with Gasteiger partial charge in [-0.3, -0.25) is 9.78 Å². The number of hydrogen-bond donors (Lipinski definition) is 0. The van der Waals surface area contributed by atoms with Gasteiger partial charge in [-0.15, -0.1) is 0 Å². The molecule has 0 spiro atoms. The quantitative estimate of drug-likeness (QED) is 0.554. The van der Waals surface area contributed by atoms with E-state index < -0.39 is 0 Å². The van der Waals surface area contributed by atoms with Gasteiger partial charge in [-0.1, -0.05) is 44.2 Å². The number of rotatable bonds is 4. The van der Waals surface area contributed by atoms with Crippen LogP contribution in [-0.4, -0.2) is 28.9 Å². The maximum absolute atomic E-state index is 11.9. The van der Waals surface area contributed by atoms with Crippen molar-refractivity contribution in [3.05, 3.63) is 65.9 Å². The molecule has 1 saturated heterocycles. The third-order valence-corrected chi connectivity index (χ3v) is 6.60. The molecule has 1 atom stereocenters. The SMILES string of the molecule is CCC(=O)N1CCC(C(C)c2ccc(-c3cc4ncccc4cc3C)cc2)CC1. The van der Waals surface area contributed by atoms with E-state index in [1.54, 1.807) is 0 Å². The molecule has 1 aliphatic heterocycles. The number of aryl methyl sites for hydroxylation is 1. The molecule has 4 rings (SSSR count). The minimum atomic E-state index is 0.292. The number of hydrogen-bond acceptors (Lipinski definition) is 2. The topological polar surface area (TPSA) is 33.2 Å². The Morgan fingerprint density at radius 3 is 2.55 bits per heavy atom. The van der Waals surface area contributed by atoms with Crippen LogP contribution in [0.15, 0.2) is 54.7 Å². The number of nitrogens with zero attached hydrogens (tertiary/aromatic N) is 2. The van der Waals surface area contributed by atoms with Gasteiger partial charge < -0.3 is 4.90 Å². The lowest BCUT2D eigenvalue weighted by molar-refractivity contribution is -0.132. The van der Waals surface area contributed by atoms with Crippen LogP contribution in [0.5, 0.6) is 0 Å². The molecule has 1 amide bonds. The summed E-state index contributed by atoms with van der Waals surface area (Å²) in [6.45, 7) is 8.27. The van der Waals surface area contributed by atoms with Crippen molar-refractivity contribution in [3.8, 4) is 11.1 Å². The fourth-order valence-corrected chi connectivity index (χ4v) is 4.66. The first-order valence-electron chi connectivity index (χ1n) is 10.8. The standard InChI is InChI=1S/C26H30N2O/c1-4-26(29)28-14-11-21(12-15-28)19(3)20-7-9-22(10-8-20)24-17-25-23(16-18(24)2)6-5-13-27-25/h5-10,13,16-17,19,21H,4,11-12,14-15H2,1-3H3. The molecule has 1 aliphatic rings. The Bertz CT molecular complexity index is 1000. The Hall–Kier alpha value is -2.68. The van der Waals surface area contributed by atoms with Crippen molar-refractivity contribution in [3.63, 3.8) is 0 Å². The lowest BCUT2D eigenvalue weighted by Crippen LogP contribution is -2.39. The molecule has 3 nitrogen and oxygen atoms in total. The molecule has 3 heteroatoms. The van der Waals surface area contributed by atoms with Gasteiger partial charge in [-0.05, 0) is 72.1 Å². The van der Waals surface area contributed by atoms with E-state index in [0.29, 0.717) is 24.2 Å². The smallest absolute Gasteiger partial charge is 0.222 e. The summed E-state index contributed by atoms with van der Waals surface area (Å²) in [5, 5.41) is 1.19. The van der Waals surface area contributed by atoms with Gasteiger partial charge in [0.1, 0.15) is 0 Å². The van der Waals surface area contributed by atoms with Crippen molar-refractivity contribution in [2.24, 2.45) is 5.92 Å². The van der Waals surface area contributed by atoms with Crippen molar-refractivity contribution in [2.75, 3.05) is 13.1 Å². The summed E-state index contributed by atoms with van der Waals surface area (Å²) >= 11 is 0. The number of pyridine rings is 1. The second-order valence-electron chi connectivity index (χ2n) is 8.35. The molecular weight excluding hydrogens is 356 g/mol. The van der Waals surface area contributed by atoms with E-state index in [9.17, 15) is 4.79 Å². The first kappa shape index (κ1) is 19.6. The van der Waals surface area contributed by atoms with Gasteiger partial charge >= 0.3 is 0 Å². The highest BCUT2D eigenvalue weighted by Gasteiger charge is 2.26. The molecule has 1 unspecified atom stereocenters. The maximum atomic E-state index is 11.9. The lowest BCUT2D eigenvalue weighted by atomic mass is 9.81. The van der Waals surface area contributed by atoms with Crippen molar-refractivity contribution in [2.45, 2.75) is 46.0 Å². The highest BCUT2D eigenvalue weighted by Crippen LogP contribution is 2.34. The molecule has 1 aromatic heterocycles. The number of likely N-dealkylation sites (tertiary alicyclic amines) is 1. The van der Waals surface area contributed by atoms with E-state index in [0.717, 1.165) is 31.4 Å². The molecule has 3 aromatic rings. The zero-order valence-corrected chi connectivity index (χ0v) is 17.7. The van der Waals surface area contributed by atoms with Gasteiger partial charge in [0.05, 0.1) is 5.52 Å². The van der Waals surface area contributed by atoms with Crippen LogP contribution in [0.2, 0.25) is 0 Å². The number of aromatic nitrogens is 1. The van der Waals surface area contributed by atoms with Crippen LogP contribution in [0.25, 0.3) is 22.0 Å². The fourth-order valence-electron chi connectivity index (χ4n) is 4.66. The molecule has 150 valence electrons. The third kappa shape index (κ3) is 4.05. The summed E-state index contributed by atoms with van der Waals surface area (Å²) in [7, 11) is 0. The summed E-state index contributed by atoms with van der Waals surface area (Å²) in [6, 6.07) is 17.6. The van der Waals surface area contributed by atoms with Crippen LogP contribution < -0.4 is 0 Å². The lowest BCUT2D eigenvalue weighted by Gasteiger charge is -2.35. The van der Waals surface area contributed by atoms with Gasteiger partial charge in [-0.2, -0.15) is 0 Å². The molecule has 0 saturated carbocycles. The number of amides is 1. The molecule has 0 bridgehead atoms. The Morgan fingerprint density at radius 1 is 1.14 bits per heavy atom. The largest absolute Gasteiger partial charge is 0.343 e. The summed E-state index contributed by atoms with van der Waals surface area (Å²) in [5.41, 5.74) is 6.21. The summed E-state index contributed by atoms with van der Waals surface area (Å²) in [4.78, 5) is 18.5. The molecule has 0 radical (unpaired) electrons. The van der Waals surface area contributed by atoms with Gasteiger partial charge in [0.2, 0.25) is 5.91 Å². The van der Waals surface area contributed by atoms with Crippen LogP contribution in [0, 0.1) is 12.8 Å². The molecule has 2 aromatic carbocycles.